The van der Waals surface area contributed by atoms with Crippen molar-refractivity contribution in [2.75, 3.05) is 19.8 Å². The van der Waals surface area contributed by atoms with Gasteiger partial charge in [0.15, 0.2) is 6.29 Å². The molecule has 0 saturated carbocycles. The Morgan fingerprint density at radius 2 is 2.06 bits per heavy atom. The van der Waals surface area contributed by atoms with Crippen molar-refractivity contribution >= 4 is 21.8 Å². The van der Waals surface area contributed by atoms with E-state index >= 15 is 0 Å². The second-order valence-electron chi connectivity index (χ2n) is 3.70. The molecule has 5 nitrogen and oxygen atoms in total. The van der Waals surface area contributed by atoms with Gasteiger partial charge < -0.3 is 19.4 Å². The first-order chi connectivity index (χ1) is 8.58. The molecule has 1 rings (SSSR count). The van der Waals surface area contributed by atoms with Crippen molar-refractivity contribution in [2.45, 2.75) is 20.1 Å². The molecule has 0 radical (unpaired) electrons. The Balaban J connectivity index is 2.51. The van der Waals surface area contributed by atoms with E-state index in [1.807, 2.05) is 27.1 Å². The predicted molar refractivity (Wildman–Crippen MR) is 72.5 cm³/mol. The third-order valence-electron chi connectivity index (χ3n) is 2.34. The van der Waals surface area contributed by atoms with Crippen LogP contribution in [0, 0.1) is 0 Å². The summed E-state index contributed by atoms with van der Waals surface area (Å²) in [6.07, 6.45) is 1.44. The monoisotopic (exact) mass is 318 g/mol. The lowest BCUT2D eigenvalue weighted by atomic mass is 10.4. The summed E-state index contributed by atoms with van der Waals surface area (Å²) in [5.41, 5.74) is 0.591. The molecule has 18 heavy (non-hydrogen) atoms. The second-order valence-corrected chi connectivity index (χ2v) is 4.62. The number of hydrogen-bond acceptors (Lipinski definition) is 3. The first-order valence-corrected chi connectivity index (χ1v) is 6.71. The minimum Gasteiger partial charge on any atom is -0.351 e. The molecule has 0 aromatic carbocycles. The summed E-state index contributed by atoms with van der Waals surface area (Å²) in [6.45, 7) is 5.22. The SMILES string of the molecule is CCOC(CNC(=O)c1cc(Br)cn1C)OCC. The first-order valence-electron chi connectivity index (χ1n) is 5.91. The lowest BCUT2D eigenvalue weighted by Crippen LogP contribution is -2.36. The van der Waals surface area contributed by atoms with Gasteiger partial charge in [0, 0.05) is 30.9 Å². The lowest BCUT2D eigenvalue weighted by Gasteiger charge is -2.17. The van der Waals surface area contributed by atoms with E-state index in [4.69, 9.17) is 9.47 Å². The van der Waals surface area contributed by atoms with Gasteiger partial charge in [-0.2, -0.15) is 0 Å². The molecule has 0 aliphatic heterocycles. The maximum atomic E-state index is 11.9. The van der Waals surface area contributed by atoms with Crippen LogP contribution in [0.3, 0.4) is 0 Å². The van der Waals surface area contributed by atoms with Crippen molar-refractivity contribution in [1.82, 2.24) is 9.88 Å². The van der Waals surface area contributed by atoms with Gasteiger partial charge >= 0.3 is 0 Å². The number of hydrogen-bond donors (Lipinski definition) is 1. The molecule has 1 aromatic rings. The van der Waals surface area contributed by atoms with E-state index in [1.54, 1.807) is 10.6 Å². The summed E-state index contributed by atoms with van der Waals surface area (Å²) < 4.78 is 13.3. The van der Waals surface area contributed by atoms with Crippen molar-refractivity contribution in [3.8, 4) is 0 Å². The minimum absolute atomic E-state index is 0.146. The Morgan fingerprint density at radius 3 is 2.50 bits per heavy atom. The van der Waals surface area contributed by atoms with Crippen LogP contribution in [0.1, 0.15) is 24.3 Å². The van der Waals surface area contributed by atoms with Crippen LogP contribution in [0.5, 0.6) is 0 Å². The van der Waals surface area contributed by atoms with Crippen LogP contribution < -0.4 is 5.32 Å². The largest absolute Gasteiger partial charge is 0.351 e. The third kappa shape index (κ3) is 4.44. The van der Waals surface area contributed by atoms with Gasteiger partial charge in [-0.3, -0.25) is 4.79 Å². The lowest BCUT2D eigenvalue weighted by molar-refractivity contribution is -0.131. The highest BCUT2D eigenvalue weighted by atomic mass is 79.9. The molecular weight excluding hydrogens is 300 g/mol. The number of carbonyl (C=O) groups excluding carboxylic acids is 1. The molecule has 6 heteroatoms. The highest BCUT2D eigenvalue weighted by molar-refractivity contribution is 9.10. The molecule has 0 fully saturated rings. The first kappa shape index (κ1) is 15.2. The number of carbonyl (C=O) groups is 1. The number of aryl methyl sites for hydroxylation is 1. The molecule has 102 valence electrons. The Labute approximate surface area is 116 Å². The van der Waals surface area contributed by atoms with Gasteiger partial charge in [-0.25, -0.2) is 0 Å². The quantitative estimate of drug-likeness (QED) is 0.781. The molecule has 0 aliphatic carbocycles. The number of nitrogens with zero attached hydrogens (tertiary/aromatic N) is 1. The summed E-state index contributed by atoms with van der Waals surface area (Å²) in [5, 5.41) is 2.79. The molecule has 0 spiro atoms. The van der Waals surface area contributed by atoms with Crippen molar-refractivity contribution < 1.29 is 14.3 Å². The van der Waals surface area contributed by atoms with Crippen LogP contribution in [-0.4, -0.2) is 36.5 Å². The van der Waals surface area contributed by atoms with Crippen LogP contribution >= 0.6 is 15.9 Å². The molecule has 1 aromatic heterocycles. The summed E-state index contributed by atoms with van der Waals surface area (Å²) in [4.78, 5) is 11.9. The van der Waals surface area contributed by atoms with Gasteiger partial charge in [0.1, 0.15) is 5.69 Å². The fraction of sp³-hybridized carbons (Fsp3) is 0.583. The number of aromatic nitrogens is 1. The van der Waals surface area contributed by atoms with E-state index in [1.165, 1.54) is 0 Å². The van der Waals surface area contributed by atoms with Gasteiger partial charge in [-0.15, -0.1) is 0 Å². The van der Waals surface area contributed by atoms with Crippen molar-refractivity contribution in [2.24, 2.45) is 7.05 Å². The van der Waals surface area contributed by atoms with Crippen LogP contribution in [0.15, 0.2) is 16.7 Å². The van der Waals surface area contributed by atoms with Crippen molar-refractivity contribution in [3.63, 3.8) is 0 Å². The van der Waals surface area contributed by atoms with Gasteiger partial charge in [-0.05, 0) is 35.8 Å². The fourth-order valence-corrected chi connectivity index (χ4v) is 2.08. The maximum absolute atomic E-state index is 11.9. The Hall–Kier alpha value is -0.850. The second kappa shape index (κ2) is 7.56. The zero-order valence-corrected chi connectivity index (χ0v) is 12.5. The number of halogens is 1. The molecule has 1 amide bonds. The van der Waals surface area contributed by atoms with Crippen molar-refractivity contribution in [3.05, 3.63) is 22.4 Å². The Kier molecular flexibility index (Phi) is 6.38. The fourth-order valence-electron chi connectivity index (χ4n) is 1.55. The van der Waals surface area contributed by atoms with Gasteiger partial charge in [0.2, 0.25) is 0 Å². The van der Waals surface area contributed by atoms with E-state index in [-0.39, 0.29) is 5.91 Å². The molecule has 0 atom stereocenters. The van der Waals surface area contributed by atoms with E-state index in [9.17, 15) is 4.79 Å². The molecule has 0 unspecified atom stereocenters. The molecule has 1 heterocycles. The van der Waals surface area contributed by atoms with E-state index < -0.39 is 6.29 Å². The standard InChI is InChI=1S/C12H19BrN2O3/c1-4-17-11(18-5-2)7-14-12(16)10-6-9(13)8-15(10)3/h6,8,11H,4-5,7H2,1-3H3,(H,14,16). The average Bonchev–Trinajstić information content (AvgIpc) is 2.65. The topological polar surface area (TPSA) is 52.5 Å². The minimum atomic E-state index is -0.396. The van der Waals surface area contributed by atoms with Crippen LogP contribution in [0.2, 0.25) is 0 Å². The smallest absolute Gasteiger partial charge is 0.268 e. The van der Waals surface area contributed by atoms with E-state index in [0.29, 0.717) is 25.5 Å². The van der Waals surface area contributed by atoms with Crippen LogP contribution in [-0.2, 0) is 16.5 Å². The number of ether oxygens (including phenoxy) is 2. The summed E-state index contributed by atoms with van der Waals surface area (Å²) in [5.74, 6) is -0.146. The molecule has 0 bridgehead atoms. The number of rotatable bonds is 7. The van der Waals surface area contributed by atoms with Gasteiger partial charge in [-0.1, -0.05) is 0 Å². The summed E-state index contributed by atoms with van der Waals surface area (Å²) in [7, 11) is 1.82. The predicted octanol–water partition coefficient (Wildman–Crippen LogP) is 1.92. The Morgan fingerprint density at radius 1 is 1.44 bits per heavy atom. The maximum Gasteiger partial charge on any atom is 0.268 e. The third-order valence-corrected chi connectivity index (χ3v) is 2.77. The number of nitrogens with one attached hydrogen (secondary N) is 1. The normalized spacial score (nSPS) is 10.9. The van der Waals surface area contributed by atoms with E-state index in [2.05, 4.69) is 21.2 Å². The molecule has 1 N–H and O–H groups in total. The zero-order chi connectivity index (χ0) is 13.5. The Bertz CT molecular complexity index is 387. The van der Waals surface area contributed by atoms with E-state index in [0.717, 1.165) is 4.47 Å². The zero-order valence-electron chi connectivity index (χ0n) is 10.9. The highest BCUT2D eigenvalue weighted by Crippen LogP contribution is 2.13. The summed E-state index contributed by atoms with van der Waals surface area (Å²) in [6, 6.07) is 1.77. The highest BCUT2D eigenvalue weighted by Gasteiger charge is 2.14. The molecular formula is C12H19BrN2O3. The van der Waals surface area contributed by atoms with Gasteiger partial charge in [0.05, 0.1) is 6.54 Å². The van der Waals surface area contributed by atoms with Crippen molar-refractivity contribution in [1.29, 1.82) is 0 Å². The average molecular weight is 319 g/mol. The molecule has 0 saturated heterocycles. The number of amides is 1. The summed E-state index contributed by atoms with van der Waals surface area (Å²) >= 11 is 3.33. The molecule has 0 aliphatic rings. The van der Waals surface area contributed by atoms with Gasteiger partial charge in [0.25, 0.3) is 5.91 Å². The van der Waals surface area contributed by atoms with Crippen LogP contribution in [0.4, 0.5) is 0 Å². The van der Waals surface area contributed by atoms with Crippen LogP contribution in [0.25, 0.3) is 0 Å².